The van der Waals surface area contributed by atoms with Gasteiger partial charge in [-0.05, 0) is 19.5 Å². The van der Waals surface area contributed by atoms with Crippen LogP contribution in [0.1, 0.15) is 6.42 Å². The molecule has 0 saturated carbocycles. The molecule has 0 aromatic rings. The van der Waals surface area contributed by atoms with Crippen molar-refractivity contribution in [1.82, 2.24) is 8.46 Å². The summed E-state index contributed by atoms with van der Waals surface area (Å²) in [6.07, 6.45) is 1.40. The molecule has 0 aliphatic carbocycles. The molecule has 0 unspecified atom stereocenters. The van der Waals surface area contributed by atoms with Crippen molar-refractivity contribution in [3.63, 3.8) is 0 Å². The fourth-order valence-electron chi connectivity index (χ4n) is 1.90. The zero-order valence-electron chi connectivity index (χ0n) is 10.7. The highest BCUT2D eigenvalue weighted by molar-refractivity contribution is 6.84. The third-order valence-corrected chi connectivity index (χ3v) is 15.2. The molecule has 0 bridgehead atoms. The molecule has 1 rings (SSSR count). The maximum absolute atomic E-state index is 2.88. The van der Waals surface area contributed by atoms with E-state index in [1.807, 2.05) is 0 Å². The van der Waals surface area contributed by atoms with Crippen LogP contribution in [0.2, 0.25) is 39.3 Å². The van der Waals surface area contributed by atoms with Gasteiger partial charge in [-0.25, -0.2) is 0 Å². The number of nitrogens with zero attached hydrogens (tertiary/aromatic N) is 2. The molecule has 0 aromatic carbocycles. The van der Waals surface area contributed by atoms with Crippen LogP contribution in [-0.2, 0) is 0 Å². The summed E-state index contributed by atoms with van der Waals surface area (Å²) in [7, 11) is -2.08. The van der Waals surface area contributed by atoms with Crippen molar-refractivity contribution in [2.45, 2.75) is 45.7 Å². The number of hydrogen-bond donors (Lipinski definition) is 0. The molecule has 84 valence electrons. The van der Waals surface area contributed by atoms with E-state index in [4.69, 9.17) is 0 Å². The Hall–Kier alpha value is 0.571. The summed E-state index contributed by atoms with van der Waals surface area (Å²) in [5.74, 6) is 0. The largest absolute Gasteiger partial charge is 0.339 e. The van der Waals surface area contributed by atoms with Crippen molar-refractivity contribution < 1.29 is 0 Å². The van der Waals surface area contributed by atoms with E-state index in [1.165, 1.54) is 19.5 Å². The van der Waals surface area contributed by atoms with Gasteiger partial charge in [0.1, 0.15) is 16.5 Å². The predicted octanol–water partition coefficient (Wildman–Crippen LogP) is 1.66. The van der Waals surface area contributed by atoms with Gasteiger partial charge in [-0.15, -0.1) is 0 Å². The van der Waals surface area contributed by atoms with Gasteiger partial charge < -0.3 is 8.46 Å². The minimum absolute atomic E-state index is 0.0818. The van der Waals surface area contributed by atoms with Gasteiger partial charge in [0.2, 0.25) is 0 Å². The first kappa shape index (κ1) is 12.6. The van der Waals surface area contributed by atoms with E-state index in [9.17, 15) is 0 Å². The smallest absolute Gasteiger partial charge is 0.159 e. The molecule has 1 heterocycles. The molecular formula is C9H26N2Si3. The highest BCUT2D eigenvalue weighted by Gasteiger charge is 2.33. The number of hydrogen-bond acceptors (Lipinski definition) is 2. The Bertz CT molecular complexity index is 175. The standard InChI is InChI=1S/C9H26N2Si3/c1-13(2,3)10-8-7-9-11(12-10)14(4,5)6/h7-9,12H2,1-6H3. The van der Waals surface area contributed by atoms with Crippen LogP contribution in [0.15, 0.2) is 0 Å². The van der Waals surface area contributed by atoms with Gasteiger partial charge in [0.05, 0.1) is 0 Å². The highest BCUT2D eigenvalue weighted by Crippen LogP contribution is 2.18. The van der Waals surface area contributed by atoms with E-state index >= 15 is 0 Å². The van der Waals surface area contributed by atoms with Gasteiger partial charge in [-0.3, -0.25) is 0 Å². The Labute approximate surface area is 93.8 Å². The summed E-state index contributed by atoms with van der Waals surface area (Å²) in [5.41, 5.74) is 0. The van der Waals surface area contributed by atoms with Crippen molar-refractivity contribution in [3.8, 4) is 0 Å². The quantitative estimate of drug-likeness (QED) is 0.684. The van der Waals surface area contributed by atoms with Crippen LogP contribution < -0.4 is 0 Å². The van der Waals surface area contributed by atoms with Crippen molar-refractivity contribution in [1.29, 1.82) is 0 Å². The molecule has 0 radical (unpaired) electrons. The molecule has 1 saturated heterocycles. The lowest BCUT2D eigenvalue weighted by Gasteiger charge is -2.46. The first-order valence-corrected chi connectivity index (χ1v) is 13.9. The van der Waals surface area contributed by atoms with E-state index in [0.29, 0.717) is 0 Å². The highest BCUT2D eigenvalue weighted by atomic mass is 28.4. The van der Waals surface area contributed by atoms with Crippen LogP contribution in [0.25, 0.3) is 0 Å². The molecule has 1 aliphatic rings. The lowest BCUT2D eigenvalue weighted by molar-refractivity contribution is 0.455. The summed E-state index contributed by atoms with van der Waals surface area (Å²) in [5, 5.41) is 0. The second-order valence-electron chi connectivity index (χ2n) is 6.36. The van der Waals surface area contributed by atoms with Gasteiger partial charge in [0.15, 0.2) is 9.84 Å². The van der Waals surface area contributed by atoms with Gasteiger partial charge in [-0.1, -0.05) is 39.3 Å². The normalized spacial score (nSPS) is 22.7. The molecule has 5 heteroatoms. The second kappa shape index (κ2) is 4.21. The summed E-state index contributed by atoms with van der Waals surface area (Å²) >= 11 is 0. The molecule has 1 aliphatic heterocycles. The number of rotatable bonds is 2. The minimum atomic E-state index is -1.00. The molecule has 2 nitrogen and oxygen atoms in total. The maximum Gasteiger partial charge on any atom is 0.159 e. The van der Waals surface area contributed by atoms with Crippen LogP contribution >= 0.6 is 0 Å². The third kappa shape index (κ3) is 3.30. The minimum Gasteiger partial charge on any atom is -0.339 e. The Morgan fingerprint density at radius 3 is 1.43 bits per heavy atom. The molecule has 14 heavy (non-hydrogen) atoms. The summed E-state index contributed by atoms with van der Waals surface area (Å²) in [6.45, 7) is 17.7. The summed E-state index contributed by atoms with van der Waals surface area (Å²) < 4.78 is 5.77. The fraction of sp³-hybridized carbons (Fsp3) is 1.00. The average Bonchev–Trinajstić information content (AvgIpc) is 2.01. The van der Waals surface area contributed by atoms with Gasteiger partial charge in [-0.2, -0.15) is 0 Å². The third-order valence-electron chi connectivity index (χ3n) is 3.09. The van der Waals surface area contributed by atoms with Gasteiger partial charge in [0, 0.05) is 0 Å². The lowest BCUT2D eigenvalue weighted by Crippen LogP contribution is -2.63. The summed E-state index contributed by atoms with van der Waals surface area (Å²) in [6, 6.07) is 0. The molecule has 1 fully saturated rings. The van der Waals surface area contributed by atoms with Crippen LogP contribution in [0.5, 0.6) is 0 Å². The molecule has 0 aromatic heterocycles. The fourth-order valence-corrected chi connectivity index (χ4v) is 9.54. The van der Waals surface area contributed by atoms with E-state index < -0.39 is 16.5 Å². The Kier molecular flexibility index (Phi) is 3.80. The second-order valence-corrected chi connectivity index (χ2v) is 19.4. The zero-order chi connectivity index (χ0) is 11.0. The van der Waals surface area contributed by atoms with Gasteiger partial charge in [0.25, 0.3) is 0 Å². The van der Waals surface area contributed by atoms with Crippen LogP contribution in [0.3, 0.4) is 0 Å². The Morgan fingerprint density at radius 2 is 1.14 bits per heavy atom. The first-order valence-electron chi connectivity index (χ1n) is 5.71. The maximum atomic E-state index is 2.88. The molecular weight excluding hydrogens is 220 g/mol. The lowest BCUT2D eigenvalue weighted by atomic mass is 10.4. The average molecular weight is 247 g/mol. The first-order chi connectivity index (χ1) is 6.21. The van der Waals surface area contributed by atoms with Crippen LogP contribution in [-0.4, -0.2) is 47.9 Å². The molecule has 0 amide bonds. The molecule has 0 atom stereocenters. The summed E-state index contributed by atoms with van der Waals surface area (Å²) in [4.78, 5) is 0. The van der Waals surface area contributed by atoms with Gasteiger partial charge >= 0.3 is 0 Å². The van der Waals surface area contributed by atoms with E-state index in [1.54, 1.807) is 0 Å². The topological polar surface area (TPSA) is 6.48 Å². The SMILES string of the molecule is C[Si](C)(C)N1CCCN([Si](C)(C)C)[SiH2]1. The van der Waals surface area contributed by atoms with Crippen LogP contribution in [0.4, 0.5) is 0 Å². The van der Waals surface area contributed by atoms with E-state index in [2.05, 4.69) is 47.7 Å². The zero-order valence-corrected chi connectivity index (χ0v) is 14.1. The Morgan fingerprint density at radius 1 is 0.786 bits per heavy atom. The Balaban J connectivity index is 2.61. The monoisotopic (exact) mass is 246 g/mol. The van der Waals surface area contributed by atoms with Crippen LogP contribution in [0, 0.1) is 0 Å². The predicted molar refractivity (Wildman–Crippen MR) is 73.3 cm³/mol. The van der Waals surface area contributed by atoms with Crippen molar-refractivity contribution in [2.24, 2.45) is 0 Å². The molecule has 0 N–H and O–H groups in total. The van der Waals surface area contributed by atoms with Crippen molar-refractivity contribution in [2.75, 3.05) is 13.1 Å². The van der Waals surface area contributed by atoms with E-state index in [0.717, 1.165) is 0 Å². The van der Waals surface area contributed by atoms with Crippen molar-refractivity contribution >= 4 is 26.3 Å². The van der Waals surface area contributed by atoms with Crippen molar-refractivity contribution in [3.05, 3.63) is 0 Å². The van der Waals surface area contributed by atoms with E-state index in [-0.39, 0.29) is 9.84 Å². The molecule has 0 spiro atoms.